The Bertz CT molecular complexity index is 2240. The van der Waals surface area contributed by atoms with Crippen LogP contribution in [0.2, 0.25) is 0 Å². The summed E-state index contributed by atoms with van der Waals surface area (Å²) in [6, 6.07) is 23.3. The van der Waals surface area contributed by atoms with E-state index in [4.69, 9.17) is 15.3 Å². The van der Waals surface area contributed by atoms with Gasteiger partial charge in [-0.05, 0) is 112 Å². The number of aldehydes is 1. The molecule has 1 heterocycles. The molecule has 0 saturated carbocycles. The number of carbonyl (C=O) groups excluding carboxylic acids is 4. The molecule has 68 heavy (non-hydrogen) atoms. The third-order valence-corrected chi connectivity index (χ3v) is 10.7. The van der Waals surface area contributed by atoms with Gasteiger partial charge in [-0.25, -0.2) is 9.97 Å². The number of primary amides is 1. The van der Waals surface area contributed by atoms with E-state index in [0.29, 0.717) is 68.7 Å². The minimum absolute atomic E-state index is 0.140. The summed E-state index contributed by atoms with van der Waals surface area (Å²) < 4.78 is 6.11. The number of rotatable bonds is 30. The summed E-state index contributed by atoms with van der Waals surface area (Å²) in [5, 5.41) is 20.4. The topological polar surface area (TPSA) is 235 Å². The fraction of sp³-hybridized carbons (Fsp3) is 0.373. The normalized spacial score (nSPS) is 11.6. The quantitative estimate of drug-likeness (QED) is 0.0108. The molecule has 0 aliphatic carbocycles. The average Bonchev–Trinajstić information content (AvgIpc) is 3.33. The molecular formula is C51H70N12O5. The Morgan fingerprint density at radius 3 is 2.41 bits per heavy atom. The van der Waals surface area contributed by atoms with Crippen molar-refractivity contribution >= 4 is 48.4 Å². The number of nitrogens with zero attached hydrogens (tertiary/aromatic N) is 6. The maximum Gasteiger partial charge on any atom is 0.241 e. The Balaban J connectivity index is 0.00000397. The molecule has 0 fully saturated rings. The second kappa shape index (κ2) is 32.3. The summed E-state index contributed by atoms with van der Waals surface area (Å²) in [4.78, 5) is 58.3. The number of aromatic nitrogens is 2. The minimum atomic E-state index is -0.408. The Kier molecular flexibility index (Phi) is 26.1. The van der Waals surface area contributed by atoms with Crippen molar-refractivity contribution in [2.24, 2.45) is 21.7 Å². The molecule has 0 aliphatic rings. The Labute approximate surface area is 401 Å². The fourth-order valence-corrected chi connectivity index (χ4v) is 7.22. The van der Waals surface area contributed by atoms with E-state index in [1.54, 1.807) is 24.4 Å². The summed E-state index contributed by atoms with van der Waals surface area (Å²) in [6.07, 6.45) is 15.1. The van der Waals surface area contributed by atoms with Gasteiger partial charge in [0.1, 0.15) is 24.2 Å². The summed E-state index contributed by atoms with van der Waals surface area (Å²) in [7, 11) is 3.78. The zero-order valence-electron chi connectivity index (χ0n) is 39.9. The van der Waals surface area contributed by atoms with Crippen molar-refractivity contribution in [2.75, 3.05) is 44.4 Å². The van der Waals surface area contributed by atoms with Gasteiger partial charge in [0.05, 0.1) is 31.4 Å². The van der Waals surface area contributed by atoms with Gasteiger partial charge in [0.2, 0.25) is 18.2 Å². The van der Waals surface area contributed by atoms with Gasteiger partial charge in [-0.2, -0.15) is 5.10 Å². The maximum absolute atomic E-state index is 12.9. The van der Waals surface area contributed by atoms with E-state index in [1.807, 2.05) is 67.4 Å². The number of anilines is 2. The molecule has 4 aromatic rings. The molecule has 1 atom stereocenters. The van der Waals surface area contributed by atoms with Crippen molar-refractivity contribution in [3.63, 3.8) is 0 Å². The predicted molar refractivity (Wildman–Crippen MR) is 272 cm³/mol. The van der Waals surface area contributed by atoms with Gasteiger partial charge in [0.25, 0.3) is 0 Å². The van der Waals surface area contributed by atoms with E-state index in [-0.39, 0.29) is 18.2 Å². The molecule has 0 aliphatic heterocycles. The number of nitrogens with two attached hydrogens (primary N) is 2. The van der Waals surface area contributed by atoms with Gasteiger partial charge in [-0.3, -0.25) is 24.1 Å². The number of benzene rings is 3. The van der Waals surface area contributed by atoms with E-state index >= 15 is 0 Å². The zero-order valence-corrected chi connectivity index (χ0v) is 39.9. The number of carbonyl (C=O) groups is 4. The van der Waals surface area contributed by atoms with Gasteiger partial charge < -0.3 is 42.4 Å². The van der Waals surface area contributed by atoms with Crippen LogP contribution in [0.3, 0.4) is 0 Å². The molecule has 17 heteroatoms. The molecule has 0 radical (unpaired) electrons. The molecule has 0 saturated heterocycles. The highest BCUT2D eigenvalue weighted by atomic mass is 16.5. The highest BCUT2D eigenvalue weighted by molar-refractivity contribution is 5.93. The summed E-state index contributed by atoms with van der Waals surface area (Å²) in [5.74, 6) is 1.30. The van der Waals surface area contributed by atoms with Gasteiger partial charge in [0.15, 0.2) is 0 Å². The largest absolute Gasteiger partial charge is 0.494 e. The van der Waals surface area contributed by atoms with Gasteiger partial charge in [-0.15, -0.1) is 5.10 Å². The first-order chi connectivity index (χ1) is 33.0. The third kappa shape index (κ3) is 20.8. The van der Waals surface area contributed by atoms with Crippen LogP contribution in [-0.4, -0.2) is 96.7 Å². The Hall–Kier alpha value is -7.40. The first-order valence-corrected chi connectivity index (χ1v) is 22.9. The summed E-state index contributed by atoms with van der Waals surface area (Å²) in [5.41, 5.74) is 17.1. The van der Waals surface area contributed by atoms with Crippen LogP contribution in [0.25, 0.3) is 0 Å². The molecule has 3 aromatic carbocycles. The molecule has 364 valence electrons. The maximum atomic E-state index is 12.9. The van der Waals surface area contributed by atoms with Gasteiger partial charge in [0, 0.05) is 73.9 Å². The second-order valence-electron chi connectivity index (χ2n) is 16.0. The van der Waals surface area contributed by atoms with Crippen molar-refractivity contribution in [1.82, 2.24) is 30.4 Å². The highest BCUT2D eigenvalue weighted by Crippen LogP contribution is 2.24. The monoisotopic (exact) mass is 931 g/mol. The molecule has 1 aromatic heterocycles. The number of ether oxygens (including phenoxy) is 1. The van der Waals surface area contributed by atoms with Gasteiger partial charge in [-0.1, -0.05) is 56.3 Å². The molecule has 17 nitrogen and oxygen atoms in total. The van der Waals surface area contributed by atoms with Crippen LogP contribution < -0.4 is 37.5 Å². The van der Waals surface area contributed by atoms with E-state index in [2.05, 4.69) is 84.7 Å². The lowest BCUT2D eigenvalue weighted by Gasteiger charge is -2.28. The average molecular weight is 931 g/mol. The van der Waals surface area contributed by atoms with Crippen LogP contribution in [0, 0.1) is 0 Å². The van der Waals surface area contributed by atoms with Crippen LogP contribution in [0.1, 0.15) is 97.5 Å². The van der Waals surface area contributed by atoms with E-state index < -0.39 is 6.04 Å². The molecule has 3 amide bonds. The Morgan fingerprint density at radius 1 is 0.941 bits per heavy atom. The highest BCUT2D eigenvalue weighted by Gasteiger charge is 2.24. The lowest BCUT2D eigenvalue weighted by atomic mass is 10.0. The molecular weight excluding hydrogens is 861 g/mol. The van der Waals surface area contributed by atoms with Crippen LogP contribution in [0.4, 0.5) is 11.4 Å². The zero-order chi connectivity index (χ0) is 49.4. The predicted octanol–water partition coefficient (Wildman–Crippen LogP) is 6.54. The Morgan fingerprint density at radius 2 is 1.69 bits per heavy atom. The number of unbranched alkanes of at least 4 members (excludes halogenated alkanes) is 3. The lowest BCUT2D eigenvalue weighted by molar-refractivity contribution is -0.125. The van der Waals surface area contributed by atoms with Crippen molar-refractivity contribution in [3.8, 4) is 5.75 Å². The number of likely N-dealkylation sites (N-methyl/N-ethyl adjacent to an activating group) is 2. The SMILES string of the molecule is C=CNC(=O)C(CCC)N(C)Cc1c(C=O)cccc1NC(=O)CCCC/C(N)=C/NCCCCCOc1cccc(Cc2cccc(NC/C(=N/N=C)N(C)Cc3ccncn3)c2)c1.NC=O. The van der Waals surface area contributed by atoms with E-state index in [0.717, 1.165) is 80.0 Å². The number of nitrogens with one attached hydrogen (secondary N) is 4. The lowest BCUT2D eigenvalue weighted by Crippen LogP contribution is -2.43. The van der Waals surface area contributed by atoms with Crippen molar-refractivity contribution in [2.45, 2.75) is 90.3 Å². The number of hydrogen-bond donors (Lipinski definition) is 6. The van der Waals surface area contributed by atoms with Crippen LogP contribution >= 0.6 is 0 Å². The van der Waals surface area contributed by atoms with Crippen LogP contribution in [-0.2, 0) is 33.9 Å². The van der Waals surface area contributed by atoms with E-state index in [1.165, 1.54) is 23.7 Å². The fourth-order valence-electron chi connectivity index (χ4n) is 7.22. The smallest absolute Gasteiger partial charge is 0.241 e. The van der Waals surface area contributed by atoms with Crippen LogP contribution in [0.15, 0.2) is 120 Å². The number of hydrogen-bond acceptors (Lipinski definition) is 13. The summed E-state index contributed by atoms with van der Waals surface area (Å²) >= 11 is 0. The van der Waals surface area contributed by atoms with Crippen molar-refractivity contribution in [3.05, 3.63) is 138 Å². The van der Waals surface area contributed by atoms with Crippen molar-refractivity contribution in [1.29, 1.82) is 0 Å². The molecule has 8 N–H and O–H groups in total. The summed E-state index contributed by atoms with van der Waals surface area (Å²) in [6.45, 7) is 12.0. The molecule has 0 bridgehead atoms. The van der Waals surface area contributed by atoms with Gasteiger partial charge >= 0.3 is 0 Å². The number of amidine groups is 1. The first kappa shape index (κ1) is 54.9. The van der Waals surface area contributed by atoms with Crippen LogP contribution in [0.5, 0.6) is 5.75 Å². The standard InChI is InChI=1S/C50H67N11O4.CH3NO/c1-6-16-47(50(64)55-7-2)60(4)35-45-40(36-62)19-15-23-46(45)58-49(63)24-10-9-20-41(51)32-53-26-11-8-12-28-65-44-22-14-18-39(31-44)29-38-17-13-21-42(30-38)56-33-48(59-52-3)61(5)34-43-25-27-54-37-57-43;2-1-3/h7,13-15,17-19,21-23,25,27,30-32,36-37,47,53,56H,2-3,6,8-12,16,20,24,26,28-29,33-35,51H2,1,4-5H3,(H,55,64)(H,58,63);1H,(H2,2,3)/b41-32-,59-48-;. The second-order valence-corrected chi connectivity index (χ2v) is 16.0. The van der Waals surface area contributed by atoms with E-state index in [9.17, 15) is 14.4 Å². The number of allylic oxidation sites excluding steroid dienone is 1. The molecule has 4 rings (SSSR count). The molecule has 0 spiro atoms. The minimum Gasteiger partial charge on any atom is -0.494 e. The third-order valence-electron chi connectivity index (χ3n) is 10.7. The van der Waals surface area contributed by atoms with Crippen molar-refractivity contribution < 1.29 is 23.9 Å². The number of amides is 3. The first-order valence-electron chi connectivity index (χ1n) is 22.9. The molecule has 1 unspecified atom stereocenters.